The minimum absolute atomic E-state index is 0.0390. The fraction of sp³-hybridized carbons (Fsp3) is 0.333. The van der Waals surface area contributed by atoms with Crippen LogP contribution < -0.4 is 4.74 Å². The predicted octanol–water partition coefficient (Wildman–Crippen LogP) is 3.61. The van der Waals surface area contributed by atoms with E-state index < -0.39 is 5.60 Å². The van der Waals surface area contributed by atoms with Crippen LogP contribution >= 0.6 is 15.9 Å². The van der Waals surface area contributed by atoms with Gasteiger partial charge in [0.1, 0.15) is 18.0 Å². The Labute approximate surface area is 139 Å². The van der Waals surface area contributed by atoms with Crippen molar-refractivity contribution < 1.29 is 14.6 Å². The summed E-state index contributed by atoms with van der Waals surface area (Å²) in [4.78, 5) is -0.274. The van der Waals surface area contributed by atoms with Crippen molar-refractivity contribution in [2.45, 2.75) is 24.0 Å². The maximum atomic E-state index is 9.85. The van der Waals surface area contributed by atoms with Crippen molar-refractivity contribution in [1.82, 2.24) is 0 Å². The minimum Gasteiger partial charge on any atom is -0.488 e. The second-order valence-electron chi connectivity index (χ2n) is 5.26. The Kier molecular flexibility index (Phi) is 4.52. The van der Waals surface area contributed by atoms with Crippen LogP contribution in [0.3, 0.4) is 0 Å². The van der Waals surface area contributed by atoms with Crippen molar-refractivity contribution in [3.63, 3.8) is 0 Å². The number of hydrogen-bond donors (Lipinski definition) is 1. The lowest BCUT2D eigenvalue weighted by Crippen LogP contribution is -2.42. The first-order chi connectivity index (χ1) is 10.7. The first kappa shape index (κ1) is 15.5. The largest absolute Gasteiger partial charge is 0.488 e. The Morgan fingerprint density at radius 3 is 2.59 bits per heavy atom. The Morgan fingerprint density at radius 1 is 1.18 bits per heavy atom. The molecule has 0 saturated heterocycles. The van der Waals surface area contributed by atoms with Crippen molar-refractivity contribution >= 4 is 15.9 Å². The Morgan fingerprint density at radius 2 is 1.86 bits per heavy atom. The molecule has 1 heterocycles. The van der Waals surface area contributed by atoms with E-state index >= 15 is 0 Å². The van der Waals surface area contributed by atoms with E-state index in [4.69, 9.17) is 9.47 Å². The quantitative estimate of drug-likeness (QED) is 0.844. The van der Waals surface area contributed by atoms with Gasteiger partial charge in [-0.2, -0.15) is 0 Å². The molecule has 2 unspecified atom stereocenters. The van der Waals surface area contributed by atoms with Crippen LogP contribution in [0, 0.1) is 0 Å². The van der Waals surface area contributed by atoms with E-state index in [1.807, 2.05) is 49.4 Å². The third-order valence-electron chi connectivity index (χ3n) is 4.06. The lowest BCUT2D eigenvalue weighted by Gasteiger charge is -2.38. The maximum Gasteiger partial charge on any atom is 0.137 e. The van der Waals surface area contributed by atoms with E-state index in [0.29, 0.717) is 13.2 Å². The predicted molar refractivity (Wildman–Crippen MR) is 89.4 cm³/mol. The molecule has 2 atom stereocenters. The Balaban J connectivity index is 2.33. The van der Waals surface area contributed by atoms with Crippen molar-refractivity contribution in [3.05, 3.63) is 65.2 Å². The molecule has 3 nitrogen and oxygen atoms in total. The van der Waals surface area contributed by atoms with Gasteiger partial charge in [-0.1, -0.05) is 58.4 Å². The maximum absolute atomic E-state index is 9.85. The van der Waals surface area contributed by atoms with E-state index in [0.717, 1.165) is 22.4 Å². The van der Waals surface area contributed by atoms with Gasteiger partial charge in [-0.15, -0.1) is 0 Å². The number of ether oxygens (including phenoxy) is 2. The number of alkyl halides is 1. The minimum atomic E-state index is -0.771. The van der Waals surface area contributed by atoms with Gasteiger partial charge in [0.15, 0.2) is 0 Å². The fourth-order valence-corrected chi connectivity index (χ4v) is 3.77. The Bertz CT molecular complexity index is 609. The highest BCUT2D eigenvalue weighted by Crippen LogP contribution is 2.47. The Hall–Kier alpha value is -1.36. The van der Waals surface area contributed by atoms with Crippen molar-refractivity contribution in [2.24, 2.45) is 0 Å². The van der Waals surface area contributed by atoms with E-state index in [1.54, 1.807) is 0 Å². The van der Waals surface area contributed by atoms with Crippen molar-refractivity contribution in [3.8, 4) is 5.75 Å². The molecule has 22 heavy (non-hydrogen) atoms. The second-order valence-corrected chi connectivity index (χ2v) is 6.37. The molecule has 1 aliphatic heterocycles. The summed E-state index contributed by atoms with van der Waals surface area (Å²) in [6, 6.07) is 16.0. The fourth-order valence-electron chi connectivity index (χ4n) is 3.15. The molecule has 2 aromatic carbocycles. The van der Waals surface area contributed by atoms with Gasteiger partial charge in [-0.05, 0) is 24.1 Å². The van der Waals surface area contributed by atoms with Crippen LogP contribution in [0.25, 0.3) is 0 Å². The van der Waals surface area contributed by atoms with Crippen LogP contribution in [0.2, 0.25) is 0 Å². The average Bonchev–Trinajstić information content (AvgIpc) is 2.71. The molecule has 0 radical (unpaired) electrons. The molecule has 3 rings (SSSR count). The molecule has 1 N–H and O–H groups in total. The van der Waals surface area contributed by atoms with Gasteiger partial charge >= 0.3 is 0 Å². The summed E-state index contributed by atoms with van der Waals surface area (Å²) in [7, 11) is 0. The zero-order valence-corrected chi connectivity index (χ0v) is 14.0. The second kappa shape index (κ2) is 6.41. The van der Waals surface area contributed by atoms with Gasteiger partial charge in [0, 0.05) is 12.2 Å². The molecule has 0 aliphatic carbocycles. The summed E-state index contributed by atoms with van der Waals surface area (Å²) in [5, 5.41) is 9.85. The molecule has 0 amide bonds. The summed E-state index contributed by atoms with van der Waals surface area (Å²) in [6.07, 6.45) is 0. The lowest BCUT2D eigenvalue weighted by molar-refractivity contribution is -0.0209. The molecule has 0 bridgehead atoms. The van der Waals surface area contributed by atoms with Crippen molar-refractivity contribution in [1.29, 1.82) is 0 Å². The number of hydrogen-bond acceptors (Lipinski definition) is 3. The van der Waals surface area contributed by atoms with Crippen LogP contribution in [-0.2, 0) is 16.9 Å². The van der Waals surface area contributed by atoms with Gasteiger partial charge in [-0.25, -0.2) is 0 Å². The molecule has 4 heteroatoms. The van der Waals surface area contributed by atoms with Crippen molar-refractivity contribution in [2.75, 3.05) is 13.2 Å². The van der Waals surface area contributed by atoms with Gasteiger partial charge in [-0.3, -0.25) is 0 Å². The molecular formula is C18H19BrO3. The highest BCUT2D eigenvalue weighted by Gasteiger charge is 2.46. The SMILES string of the molecule is CCOC1(C(Br)CO)c2ccccc2COc2ccccc21. The van der Waals surface area contributed by atoms with Gasteiger partial charge in [0.25, 0.3) is 0 Å². The smallest absolute Gasteiger partial charge is 0.137 e. The molecular weight excluding hydrogens is 344 g/mol. The number of halogens is 1. The zero-order valence-electron chi connectivity index (χ0n) is 12.5. The summed E-state index contributed by atoms with van der Waals surface area (Å²) in [6.45, 7) is 2.95. The molecule has 1 aliphatic rings. The van der Waals surface area contributed by atoms with Gasteiger partial charge in [0.2, 0.25) is 0 Å². The first-order valence-corrected chi connectivity index (χ1v) is 8.35. The first-order valence-electron chi connectivity index (χ1n) is 7.43. The summed E-state index contributed by atoms with van der Waals surface area (Å²) >= 11 is 3.64. The van der Waals surface area contributed by atoms with Crippen LogP contribution in [0.1, 0.15) is 23.6 Å². The van der Waals surface area contributed by atoms with Crippen LogP contribution in [0.4, 0.5) is 0 Å². The monoisotopic (exact) mass is 362 g/mol. The number of para-hydroxylation sites is 1. The van der Waals surface area contributed by atoms with Gasteiger partial charge in [0.05, 0.1) is 11.4 Å². The van der Waals surface area contributed by atoms with Gasteiger partial charge < -0.3 is 14.6 Å². The number of benzene rings is 2. The summed E-state index contributed by atoms with van der Waals surface area (Å²) < 4.78 is 12.3. The van der Waals surface area contributed by atoms with Crippen LogP contribution in [0.15, 0.2) is 48.5 Å². The van der Waals surface area contributed by atoms with Crippen LogP contribution in [0.5, 0.6) is 5.75 Å². The normalized spacial score (nSPS) is 21.2. The standard InChI is InChI=1S/C18H19BrO3/c1-2-22-18(17(19)11-20)14-8-4-3-7-13(14)12-21-16-10-6-5-9-15(16)18/h3-10,17,20H,2,11-12H2,1H3. The number of fused-ring (bicyclic) bond motifs is 2. The lowest BCUT2D eigenvalue weighted by atomic mass is 9.81. The topological polar surface area (TPSA) is 38.7 Å². The zero-order chi connectivity index (χ0) is 15.6. The van der Waals surface area contributed by atoms with E-state index in [-0.39, 0.29) is 11.4 Å². The average molecular weight is 363 g/mol. The number of rotatable bonds is 4. The van der Waals surface area contributed by atoms with E-state index in [2.05, 4.69) is 22.0 Å². The molecule has 0 spiro atoms. The highest BCUT2D eigenvalue weighted by atomic mass is 79.9. The molecule has 116 valence electrons. The molecule has 2 aromatic rings. The molecule has 0 fully saturated rings. The van der Waals surface area contributed by atoms with E-state index in [1.165, 1.54) is 0 Å². The van der Waals surface area contributed by atoms with E-state index in [9.17, 15) is 5.11 Å². The summed E-state index contributed by atoms with van der Waals surface area (Å²) in [5.74, 6) is 0.796. The number of aliphatic hydroxyl groups excluding tert-OH is 1. The number of aliphatic hydroxyl groups is 1. The highest BCUT2D eigenvalue weighted by molar-refractivity contribution is 9.09. The third-order valence-corrected chi connectivity index (χ3v) is 5.00. The third kappa shape index (κ3) is 2.35. The molecule has 0 aromatic heterocycles. The van der Waals surface area contributed by atoms with Crippen LogP contribution in [-0.4, -0.2) is 23.1 Å². The molecule has 0 saturated carbocycles. The summed E-state index contributed by atoms with van der Waals surface area (Å²) in [5.41, 5.74) is 2.29.